The van der Waals surface area contributed by atoms with Crippen LogP contribution in [0.1, 0.15) is 10.4 Å². The van der Waals surface area contributed by atoms with Crippen LogP contribution in [0.15, 0.2) is 24.3 Å². The number of rotatable bonds is 5. The van der Waals surface area contributed by atoms with Gasteiger partial charge in [0, 0.05) is 7.11 Å². The van der Waals surface area contributed by atoms with Crippen LogP contribution in [-0.2, 0) is 9.47 Å². The van der Waals surface area contributed by atoms with Crippen molar-refractivity contribution >= 4 is 5.97 Å². The highest BCUT2D eigenvalue weighted by atomic mass is 16.6. The summed E-state index contributed by atoms with van der Waals surface area (Å²) in [6, 6.07) is 6.05. The third-order valence-electron chi connectivity index (χ3n) is 1.95. The van der Waals surface area contributed by atoms with E-state index >= 15 is 0 Å². The number of aromatic hydroxyl groups is 1. The van der Waals surface area contributed by atoms with Crippen LogP contribution in [0.4, 0.5) is 0 Å². The summed E-state index contributed by atoms with van der Waals surface area (Å²) in [5.41, 5.74) is 0.0667. The predicted octanol–water partition coefficient (Wildman–Crippen LogP) is 0.556. The van der Waals surface area contributed by atoms with Crippen molar-refractivity contribution in [2.75, 3.05) is 20.3 Å². The molecule has 0 aliphatic rings. The van der Waals surface area contributed by atoms with E-state index in [0.717, 1.165) is 0 Å². The highest BCUT2D eigenvalue weighted by Gasteiger charge is 2.17. The van der Waals surface area contributed by atoms with Crippen molar-refractivity contribution in [1.82, 2.24) is 0 Å². The zero-order chi connectivity index (χ0) is 12.0. The molecule has 0 aliphatic carbocycles. The molecule has 0 saturated heterocycles. The summed E-state index contributed by atoms with van der Waals surface area (Å²) in [4.78, 5) is 11.6. The lowest BCUT2D eigenvalue weighted by Crippen LogP contribution is -2.26. The van der Waals surface area contributed by atoms with Gasteiger partial charge in [0.1, 0.15) is 17.4 Å². The molecule has 1 aromatic rings. The maximum absolute atomic E-state index is 11.6. The van der Waals surface area contributed by atoms with Gasteiger partial charge in [0.2, 0.25) is 0 Å². The van der Waals surface area contributed by atoms with E-state index in [9.17, 15) is 9.90 Å². The molecule has 0 aromatic heterocycles. The zero-order valence-electron chi connectivity index (χ0n) is 8.92. The minimum absolute atomic E-state index is 0.0667. The van der Waals surface area contributed by atoms with Crippen LogP contribution in [0.5, 0.6) is 5.75 Å². The lowest BCUT2D eigenvalue weighted by Gasteiger charge is -2.14. The van der Waals surface area contributed by atoms with E-state index in [2.05, 4.69) is 0 Å². The van der Waals surface area contributed by atoms with Crippen molar-refractivity contribution in [3.8, 4) is 5.75 Å². The number of benzene rings is 1. The van der Waals surface area contributed by atoms with E-state index in [4.69, 9.17) is 14.6 Å². The highest BCUT2D eigenvalue weighted by Crippen LogP contribution is 2.17. The van der Waals surface area contributed by atoms with Crippen LogP contribution in [-0.4, -0.2) is 42.6 Å². The third kappa shape index (κ3) is 3.22. The van der Waals surface area contributed by atoms with Gasteiger partial charge in [-0.15, -0.1) is 0 Å². The Morgan fingerprint density at radius 2 is 2.12 bits per heavy atom. The van der Waals surface area contributed by atoms with Crippen molar-refractivity contribution in [2.45, 2.75) is 6.10 Å². The van der Waals surface area contributed by atoms with E-state index in [-0.39, 0.29) is 24.5 Å². The second-order valence-electron chi connectivity index (χ2n) is 3.18. The van der Waals surface area contributed by atoms with Crippen LogP contribution in [0.25, 0.3) is 0 Å². The van der Waals surface area contributed by atoms with Crippen LogP contribution in [0, 0.1) is 0 Å². The maximum Gasteiger partial charge on any atom is 0.342 e. The largest absolute Gasteiger partial charge is 0.507 e. The van der Waals surface area contributed by atoms with Gasteiger partial charge < -0.3 is 19.7 Å². The summed E-state index contributed by atoms with van der Waals surface area (Å²) in [5, 5.41) is 18.3. The van der Waals surface area contributed by atoms with Gasteiger partial charge >= 0.3 is 5.97 Å². The molecule has 0 radical (unpaired) electrons. The van der Waals surface area contributed by atoms with Gasteiger partial charge in [0.25, 0.3) is 0 Å². The molecule has 1 unspecified atom stereocenters. The number of aliphatic hydroxyl groups excluding tert-OH is 1. The Morgan fingerprint density at radius 1 is 1.44 bits per heavy atom. The van der Waals surface area contributed by atoms with Crippen molar-refractivity contribution in [3.05, 3.63) is 29.8 Å². The average Bonchev–Trinajstić information content (AvgIpc) is 2.28. The van der Waals surface area contributed by atoms with Gasteiger partial charge in [-0.2, -0.15) is 0 Å². The fourth-order valence-electron chi connectivity index (χ4n) is 1.17. The number of hydrogen-bond acceptors (Lipinski definition) is 5. The summed E-state index contributed by atoms with van der Waals surface area (Å²) in [5.74, 6) is -0.837. The molecule has 0 aliphatic heterocycles. The molecule has 0 saturated carbocycles. The number of carbonyl (C=O) groups is 1. The van der Waals surface area contributed by atoms with E-state index in [1.165, 1.54) is 19.2 Å². The number of phenols is 1. The average molecular weight is 226 g/mol. The lowest BCUT2D eigenvalue weighted by atomic mass is 10.2. The monoisotopic (exact) mass is 226 g/mol. The molecule has 16 heavy (non-hydrogen) atoms. The first-order chi connectivity index (χ1) is 7.69. The van der Waals surface area contributed by atoms with E-state index < -0.39 is 12.1 Å². The minimum Gasteiger partial charge on any atom is -0.507 e. The smallest absolute Gasteiger partial charge is 0.342 e. The number of hydrogen-bond donors (Lipinski definition) is 2. The van der Waals surface area contributed by atoms with Crippen molar-refractivity contribution < 1.29 is 24.5 Å². The van der Waals surface area contributed by atoms with Crippen LogP contribution < -0.4 is 0 Å². The molecule has 1 atom stereocenters. The summed E-state index contributed by atoms with van der Waals surface area (Å²) >= 11 is 0. The second-order valence-corrected chi connectivity index (χ2v) is 3.18. The highest BCUT2D eigenvalue weighted by molar-refractivity contribution is 5.92. The topological polar surface area (TPSA) is 76.0 Å². The summed E-state index contributed by atoms with van der Waals surface area (Å²) < 4.78 is 9.70. The second kappa shape index (κ2) is 6.09. The van der Waals surface area contributed by atoms with E-state index in [1.54, 1.807) is 12.1 Å². The Labute approximate surface area is 93.2 Å². The summed E-state index contributed by atoms with van der Waals surface area (Å²) in [6.45, 7) is -0.219. The summed E-state index contributed by atoms with van der Waals surface area (Å²) in [6.07, 6.45) is -0.725. The van der Waals surface area contributed by atoms with Crippen molar-refractivity contribution in [2.24, 2.45) is 0 Å². The van der Waals surface area contributed by atoms with Gasteiger partial charge in [-0.1, -0.05) is 12.1 Å². The number of ether oxygens (including phenoxy) is 2. The minimum atomic E-state index is -0.725. The predicted molar refractivity (Wildman–Crippen MR) is 56.3 cm³/mol. The van der Waals surface area contributed by atoms with E-state index in [1.807, 2.05) is 0 Å². The van der Waals surface area contributed by atoms with Gasteiger partial charge in [-0.05, 0) is 12.1 Å². The Morgan fingerprint density at radius 3 is 2.69 bits per heavy atom. The molecule has 1 aromatic carbocycles. The summed E-state index contributed by atoms with van der Waals surface area (Å²) in [7, 11) is 1.44. The molecule has 5 nitrogen and oxygen atoms in total. The van der Waals surface area contributed by atoms with Gasteiger partial charge in [-0.3, -0.25) is 0 Å². The van der Waals surface area contributed by atoms with Crippen LogP contribution in [0.3, 0.4) is 0 Å². The molecule has 0 spiro atoms. The lowest BCUT2D eigenvalue weighted by molar-refractivity contribution is -0.0142. The molecule has 0 bridgehead atoms. The fourth-order valence-corrected chi connectivity index (χ4v) is 1.17. The quantitative estimate of drug-likeness (QED) is 0.717. The molecule has 0 fully saturated rings. The number of phenolic OH excluding ortho intramolecular Hbond substituents is 1. The molecule has 2 N–H and O–H groups in total. The molecule has 1 rings (SSSR count). The maximum atomic E-state index is 11.6. The zero-order valence-corrected chi connectivity index (χ0v) is 8.92. The molecule has 5 heteroatoms. The normalized spacial score (nSPS) is 12.1. The number of methoxy groups -OCH3 is 1. The Kier molecular flexibility index (Phi) is 4.75. The van der Waals surface area contributed by atoms with Crippen molar-refractivity contribution in [1.29, 1.82) is 0 Å². The number of esters is 1. The number of para-hydroxylation sites is 1. The first kappa shape index (κ1) is 12.5. The Bertz CT molecular complexity index is 350. The Balaban J connectivity index is 2.68. The molecule has 0 heterocycles. The molecule has 0 amide bonds. The fraction of sp³-hybridized carbons (Fsp3) is 0.364. The van der Waals surface area contributed by atoms with Crippen molar-refractivity contribution in [3.63, 3.8) is 0 Å². The van der Waals surface area contributed by atoms with Crippen LogP contribution >= 0.6 is 0 Å². The molecular formula is C11H14O5. The first-order valence-corrected chi connectivity index (χ1v) is 4.77. The number of aliphatic hydroxyl groups is 1. The number of carbonyl (C=O) groups excluding carboxylic acids is 1. The third-order valence-corrected chi connectivity index (χ3v) is 1.95. The standard InChI is InChI=1S/C11H14O5/c1-15-7-8(6-12)16-11(14)9-4-2-3-5-10(9)13/h2-5,8,12-13H,6-7H2,1H3. The van der Waals surface area contributed by atoms with Gasteiger partial charge in [-0.25, -0.2) is 4.79 Å². The van der Waals surface area contributed by atoms with Gasteiger partial charge in [0.15, 0.2) is 0 Å². The SMILES string of the molecule is COCC(CO)OC(=O)c1ccccc1O. The van der Waals surface area contributed by atoms with E-state index in [0.29, 0.717) is 0 Å². The molecule has 88 valence electrons. The molecular weight excluding hydrogens is 212 g/mol. The van der Waals surface area contributed by atoms with Crippen LogP contribution in [0.2, 0.25) is 0 Å². The first-order valence-electron chi connectivity index (χ1n) is 4.77. The Hall–Kier alpha value is -1.59. The van der Waals surface area contributed by atoms with Gasteiger partial charge in [0.05, 0.1) is 13.2 Å².